The van der Waals surface area contributed by atoms with Crippen molar-refractivity contribution in [1.29, 1.82) is 0 Å². The first-order chi connectivity index (χ1) is 13.1. The van der Waals surface area contributed by atoms with Gasteiger partial charge in [-0.25, -0.2) is 9.78 Å². The molecule has 0 spiro atoms. The molecule has 5 nitrogen and oxygen atoms in total. The van der Waals surface area contributed by atoms with Crippen LogP contribution < -0.4 is 11.2 Å². The Bertz CT molecular complexity index is 1150. The zero-order valence-electron chi connectivity index (χ0n) is 15.5. The van der Waals surface area contributed by atoms with E-state index < -0.39 is 23.0 Å². The molecule has 148 valence electrons. The van der Waals surface area contributed by atoms with Gasteiger partial charge in [-0.2, -0.15) is 13.2 Å². The number of nitrogens with zero attached hydrogens (tertiary/aromatic N) is 3. The summed E-state index contributed by atoms with van der Waals surface area (Å²) in [7, 11) is 2.96. The van der Waals surface area contributed by atoms with Crippen molar-refractivity contribution in [2.24, 2.45) is 14.1 Å². The largest absolute Gasteiger partial charge is 0.416 e. The lowest BCUT2D eigenvalue weighted by molar-refractivity contribution is -0.137. The molecule has 0 bridgehead atoms. The van der Waals surface area contributed by atoms with Crippen LogP contribution in [0.2, 0.25) is 0 Å². The van der Waals surface area contributed by atoms with Crippen LogP contribution in [0.15, 0.2) is 44.9 Å². The fourth-order valence-corrected chi connectivity index (χ4v) is 4.11. The maximum absolute atomic E-state index is 12.7. The SMILES string of the molecule is CCc1cnc2c(c1SCc1ccc(C(F)(F)F)cc1)c(=O)n(C)c(=O)n2C. The highest BCUT2D eigenvalue weighted by molar-refractivity contribution is 7.98. The quantitative estimate of drug-likeness (QED) is 0.619. The van der Waals surface area contributed by atoms with E-state index in [0.717, 1.165) is 22.3 Å². The third-order valence-corrected chi connectivity index (χ3v) is 5.77. The molecule has 0 unspecified atom stereocenters. The molecule has 28 heavy (non-hydrogen) atoms. The molecule has 3 rings (SSSR count). The highest BCUT2D eigenvalue weighted by Crippen LogP contribution is 2.33. The molecular formula is C19H18F3N3O2S. The van der Waals surface area contributed by atoms with Crippen LogP contribution in [0, 0.1) is 0 Å². The van der Waals surface area contributed by atoms with Crippen molar-refractivity contribution in [3.63, 3.8) is 0 Å². The first kappa shape index (κ1) is 20.2. The average molecular weight is 409 g/mol. The smallest absolute Gasteiger partial charge is 0.280 e. The van der Waals surface area contributed by atoms with Gasteiger partial charge in [0, 0.05) is 30.9 Å². The second-order valence-corrected chi connectivity index (χ2v) is 7.34. The number of benzene rings is 1. The average Bonchev–Trinajstić information content (AvgIpc) is 2.67. The number of thioether (sulfide) groups is 1. The van der Waals surface area contributed by atoms with Crippen molar-refractivity contribution >= 4 is 22.8 Å². The van der Waals surface area contributed by atoms with Crippen LogP contribution in [0.25, 0.3) is 11.0 Å². The minimum Gasteiger partial charge on any atom is -0.280 e. The van der Waals surface area contributed by atoms with E-state index in [0.29, 0.717) is 33.7 Å². The normalized spacial score (nSPS) is 11.9. The standard InChI is InChI=1S/C19H18F3N3O2S/c1-4-12-9-23-16-14(17(26)25(3)18(27)24(16)2)15(12)28-10-11-5-7-13(8-6-11)19(20,21)22/h5-9H,4,10H2,1-3H3. The first-order valence-electron chi connectivity index (χ1n) is 8.51. The lowest BCUT2D eigenvalue weighted by Gasteiger charge is -2.14. The lowest BCUT2D eigenvalue weighted by atomic mass is 10.1. The van der Waals surface area contributed by atoms with Crippen LogP contribution in [-0.2, 0) is 32.4 Å². The molecule has 0 amide bonds. The maximum atomic E-state index is 12.7. The van der Waals surface area contributed by atoms with Crippen LogP contribution in [0.1, 0.15) is 23.6 Å². The number of aromatic nitrogens is 3. The van der Waals surface area contributed by atoms with Crippen molar-refractivity contribution in [3.05, 3.63) is 68.0 Å². The molecule has 0 radical (unpaired) electrons. The molecular weight excluding hydrogens is 391 g/mol. The fraction of sp³-hybridized carbons (Fsp3) is 0.316. The number of aryl methyl sites for hydroxylation is 2. The van der Waals surface area contributed by atoms with Crippen LogP contribution in [0.3, 0.4) is 0 Å². The van der Waals surface area contributed by atoms with E-state index in [1.54, 1.807) is 13.2 Å². The summed E-state index contributed by atoms with van der Waals surface area (Å²) < 4.78 is 40.5. The molecule has 0 aliphatic heterocycles. The number of rotatable bonds is 4. The number of alkyl halides is 3. The molecule has 1 aromatic carbocycles. The molecule has 9 heteroatoms. The van der Waals surface area contributed by atoms with E-state index in [1.807, 2.05) is 6.92 Å². The fourth-order valence-electron chi connectivity index (χ4n) is 2.90. The van der Waals surface area contributed by atoms with Gasteiger partial charge < -0.3 is 0 Å². The Morgan fingerprint density at radius 2 is 1.71 bits per heavy atom. The van der Waals surface area contributed by atoms with Crippen LogP contribution in [0.5, 0.6) is 0 Å². The Labute approximate surface area is 162 Å². The predicted octanol–water partition coefficient (Wildman–Crippen LogP) is 3.51. The molecule has 0 N–H and O–H groups in total. The molecule has 3 aromatic rings. The van der Waals surface area contributed by atoms with Crippen molar-refractivity contribution in [2.45, 2.75) is 30.2 Å². The summed E-state index contributed by atoms with van der Waals surface area (Å²) >= 11 is 1.36. The van der Waals surface area contributed by atoms with E-state index in [2.05, 4.69) is 4.98 Å². The summed E-state index contributed by atoms with van der Waals surface area (Å²) in [6, 6.07) is 4.95. The van der Waals surface area contributed by atoms with Gasteiger partial charge in [0.15, 0.2) is 0 Å². The zero-order valence-corrected chi connectivity index (χ0v) is 16.3. The van der Waals surface area contributed by atoms with Crippen molar-refractivity contribution in [1.82, 2.24) is 14.1 Å². The van der Waals surface area contributed by atoms with E-state index in [4.69, 9.17) is 0 Å². The highest BCUT2D eigenvalue weighted by atomic mass is 32.2. The summed E-state index contributed by atoms with van der Waals surface area (Å²) in [4.78, 5) is 29.9. The maximum Gasteiger partial charge on any atom is 0.416 e. The van der Waals surface area contributed by atoms with Gasteiger partial charge >= 0.3 is 11.9 Å². The number of hydrogen-bond donors (Lipinski definition) is 0. The minimum absolute atomic E-state index is 0.292. The van der Waals surface area contributed by atoms with Gasteiger partial charge in [0.1, 0.15) is 5.65 Å². The molecule has 0 aliphatic rings. The first-order valence-corrected chi connectivity index (χ1v) is 9.50. The second-order valence-electron chi connectivity index (χ2n) is 6.35. The summed E-state index contributed by atoms with van der Waals surface area (Å²) in [5.74, 6) is 0.385. The Morgan fingerprint density at radius 1 is 1.07 bits per heavy atom. The van der Waals surface area contributed by atoms with E-state index in [9.17, 15) is 22.8 Å². The molecule has 0 atom stereocenters. The van der Waals surface area contributed by atoms with E-state index in [-0.39, 0.29) is 0 Å². The Balaban J connectivity index is 2.05. The van der Waals surface area contributed by atoms with Crippen LogP contribution in [0.4, 0.5) is 13.2 Å². The lowest BCUT2D eigenvalue weighted by Crippen LogP contribution is -2.37. The molecule has 2 heterocycles. The van der Waals surface area contributed by atoms with Gasteiger partial charge in [-0.15, -0.1) is 11.8 Å². The Kier molecular flexibility index (Phi) is 5.38. The minimum atomic E-state index is -4.38. The number of halogens is 3. The van der Waals surface area contributed by atoms with E-state index in [1.165, 1.54) is 35.5 Å². The summed E-state index contributed by atoms with van der Waals surface area (Å²) in [5.41, 5.74) is 0.240. The Morgan fingerprint density at radius 3 is 2.29 bits per heavy atom. The Hall–Kier alpha value is -2.55. The summed E-state index contributed by atoms with van der Waals surface area (Å²) in [6.07, 6.45) is -2.11. The summed E-state index contributed by atoms with van der Waals surface area (Å²) in [5, 5.41) is 0.348. The van der Waals surface area contributed by atoms with Gasteiger partial charge in [0.05, 0.1) is 10.9 Å². The van der Waals surface area contributed by atoms with Crippen LogP contribution in [-0.4, -0.2) is 14.1 Å². The predicted molar refractivity (Wildman–Crippen MR) is 103 cm³/mol. The molecule has 2 aromatic heterocycles. The molecule has 0 fully saturated rings. The van der Waals surface area contributed by atoms with Crippen LogP contribution >= 0.6 is 11.8 Å². The molecule has 0 saturated heterocycles. The number of hydrogen-bond acceptors (Lipinski definition) is 4. The van der Waals surface area contributed by atoms with Gasteiger partial charge in [0.25, 0.3) is 5.56 Å². The number of fused-ring (bicyclic) bond motifs is 1. The van der Waals surface area contributed by atoms with Gasteiger partial charge in [0.2, 0.25) is 0 Å². The van der Waals surface area contributed by atoms with Crippen molar-refractivity contribution in [2.75, 3.05) is 0 Å². The van der Waals surface area contributed by atoms with Crippen molar-refractivity contribution < 1.29 is 13.2 Å². The third-order valence-electron chi connectivity index (χ3n) is 4.54. The second kappa shape index (κ2) is 7.46. The van der Waals surface area contributed by atoms with Gasteiger partial charge in [-0.05, 0) is 29.7 Å². The number of pyridine rings is 1. The molecule has 0 saturated carbocycles. The van der Waals surface area contributed by atoms with Gasteiger partial charge in [-0.1, -0.05) is 19.1 Å². The summed E-state index contributed by atoms with van der Waals surface area (Å²) in [6.45, 7) is 1.93. The third kappa shape index (κ3) is 3.58. The van der Waals surface area contributed by atoms with Crippen molar-refractivity contribution in [3.8, 4) is 0 Å². The topological polar surface area (TPSA) is 56.9 Å². The highest BCUT2D eigenvalue weighted by Gasteiger charge is 2.29. The zero-order chi connectivity index (χ0) is 20.6. The van der Waals surface area contributed by atoms with E-state index >= 15 is 0 Å². The van der Waals surface area contributed by atoms with Gasteiger partial charge in [-0.3, -0.25) is 13.9 Å². The molecule has 0 aliphatic carbocycles. The monoisotopic (exact) mass is 409 g/mol.